The average Bonchev–Trinajstić information content (AvgIpc) is 3.60. The molecule has 9 heteroatoms. The number of aliphatic hydroxyl groups is 1. The van der Waals surface area contributed by atoms with E-state index in [0.717, 1.165) is 25.9 Å². The van der Waals surface area contributed by atoms with E-state index in [9.17, 15) is 14.3 Å². The quantitative estimate of drug-likeness (QED) is 0.444. The maximum Gasteiger partial charge on any atom is 0.277 e. The first-order valence-electron chi connectivity index (χ1n) is 12.0. The molecule has 0 spiro atoms. The fraction of sp³-hybridized carbons (Fsp3) is 0.385. The zero-order valence-electron chi connectivity index (χ0n) is 19.9. The number of carbonyl (C=O) groups is 1. The van der Waals surface area contributed by atoms with E-state index in [1.54, 1.807) is 0 Å². The Kier molecular flexibility index (Phi) is 6.44. The minimum Gasteiger partial charge on any atom is -0.448 e. The molecule has 35 heavy (non-hydrogen) atoms. The molecule has 1 atom stereocenters. The van der Waals surface area contributed by atoms with Crippen LogP contribution in [0.25, 0.3) is 0 Å². The van der Waals surface area contributed by atoms with Gasteiger partial charge in [-0.05, 0) is 50.6 Å². The van der Waals surface area contributed by atoms with Crippen molar-refractivity contribution in [3.63, 3.8) is 0 Å². The molecular formula is C26H30FN5O3. The second kappa shape index (κ2) is 9.67. The van der Waals surface area contributed by atoms with Crippen LogP contribution in [0.1, 0.15) is 52.5 Å². The van der Waals surface area contributed by atoms with Crippen molar-refractivity contribution in [1.82, 2.24) is 10.3 Å². The van der Waals surface area contributed by atoms with Gasteiger partial charge in [-0.15, -0.1) is 0 Å². The highest BCUT2D eigenvalue weighted by molar-refractivity contribution is 6.04. The topological polar surface area (TPSA) is 93.9 Å². The fourth-order valence-corrected chi connectivity index (χ4v) is 4.51. The Balaban J connectivity index is 1.39. The van der Waals surface area contributed by atoms with Crippen molar-refractivity contribution in [1.29, 1.82) is 0 Å². The molecule has 2 aromatic carbocycles. The summed E-state index contributed by atoms with van der Waals surface area (Å²) < 4.78 is 20.5. The van der Waals surface area contributed by atoms with Crippen LogP contribution in [0.2, 0.25) is 0 Å². The van der Waals surface area contributed by atoms with Crippen LogP contribution in [0.15, 0.2) is 47.1 Å². The molecule has 1 saturated carbocycles. The maximum atomic E-state index is 15.0. The molecule has 0 radical (unpaired) electrons. The van der Waals surface area contributed by atoms with Gasteiger partial charge in [-0.1, -0.05) is 18.2 Å². The van der Waals surface area contributed by atoms with Crippen molar-refractivity contribution >= 4 is 23.0 Å². The standard InChI is InChI=1S/C26H30FN5O3/c1-16-5-3-4-6-22(16)31-9-11-32(12-10-31)23-14-19(27)18(24(33)28-2)13-20(23)29-25(34)21-15-35-26(30-21)17-7-8-17/h3-6,13-15,17,24,28,33H,7-12H2,1-2H3,(H,29,34). The van der Waals surface area contributed by atoms with E-state index in [-0.39, 0.29) is 11.3 Å². The summed E-state index contributed by atoms with van der Waals surface area (Å²) in [6.07, 6.45) is 2.19. The van der Waals surface area contributed by atoms with E-state index in [0.29, 0.717) is 36.3 Å². The van der Waals surface area contributed by atoms with E-state index in [1.807, 2.05) is 12.1 Å². The summed E-state index contributed by atoms with van der Waals surface area (Å²) >= 11 is 0. The van der Waals surface area contributed by atoms with Crippen molar-refractivity contribution in [2.45, 2.75) is 31.9 Å². The van der Waals surface area contributed by atoms with Gasteiger partial charge in [0.1, 0.15) is 18.3 Å². The summed E-state index contributed by atoms with van der Waals surface area (Å²) in [5.41, 5.74) is 3.63. The number of carbonyl (C=O) groups excluding carboxylic acids is 1. The number of oxazole rings is 1. The van der Waals surface area contributed by atoms with Crippen LogP contribution < -0.4 is 20.4 Å². The SMILES string of the molecule is CNC(O)c1cc(NC(=O)c2coc(C3CC3)n2)c(N2CCN(c3ccccc3C)CC2)cc1F. The molecule has 184 valence electrons. The molecule has 0 bridgehead atoms. The average molecular weight is 480 g/mol. The zero-order chi connectivity index (χ0) is 24.5. The van der Waals surface area contributed by atoms with E-state index in [1.165, 1.54) is 36.7 Å². The van der Waals surface area contributed by atoms with Gasteiger partial charge < -0.3 is 24.6 Å². The summed E-state index contributed by atoms with van der Waals surface area (Å²) in [5.74, 6) is -0.108. The van der Waals surface area contributed by atoms with Gasteiger partial charge in [0, 0.05) is 43.3 Å². The first kappa shape index (κ1) is 23.3. The minimum atomic E-state index is -1.20. The number of aromatic nitrogens is 1. The van der Waals surface area contributed by atoms with Gasteiger partial charge in [-0.25, -0.2) is 9.37 Å². The molecule has 1 saturated heterocycles. The van der Waals surface area contributed by atoms with Crippen LogP contribution in [0.5, 0.6) is 0 Å². The number of piperazine rings is 1. The Bertz CT molecular complexity index is 1220. The number of amides is 1. The predicted molar refractivity (Wildman–Crippen MR) is 132 cm³/mol. The summed E-state index contributed by atoms with van der Waals surface area (Å²) in [6.45, 7) is 4.92. The van der Waals surface area contributed by atoms with Gasteiger partial charge in [-0.3, -0.25) is 10.1 Å². The van der Waals surface area contributed by atoms with Gasteiger partial charge in [0.25, 0.3) is 5.91 Å². The lowest BCUT2D eigenvalue weighted by Crippen LogP contribution is -2.47. The maximum absolute atomic E-state index is 15.0. The number of nitrogens with one attached hydrogen (secondary N) is 2. The Morgan fingerprint density at radius 2 is 1.83 bits per heavy atom. The third kappa shape index (κ3) is 4.87. The minimum absolute atomic E-state index is 0.0592. The first-order chi connectivity index (χ1) is 16.9. The number of halogens is 1. The molecule has 1 aromatic heterocycles. The predicted octanol–water partition coefficient (Wildman–Crippen LogP) is 3.79. The van der Waals surface area contributed by atoms with Crippen LogP contribution >= 0.6 is 0 Å². The van der Waals surface area contributed by atoms with Crippen molar-refractivity contribution in [2.75, 3.05) is 48.3 Å². The van der Waals surface area contributed by atoms with Gasteiger partial charge in [0.2, 0.25) is 0 Å². The van der Waals surface area contributed by atoms with E-state index in [2.05, 4.69) is 44.5 Å². The van der Waals surface area contributed by atoms with Gasteiger partial charge in [0.05, 0.1) is 11.4 Å². The second-order valence-electron chi connectivity index (χ2n) is 9.14. The molecule has 5 rings (SSSR count). The molecule has 8 nitrogen and oxygen atoms in total. The molecular weight excluding hydrogens is 449 g/mol. The van der Waals surface area contributed by atoms with Crippen molar-refractivity contribution in [3.8, 4) is 0 Å². The summed E-state index contributed by atoms with van der Waals surface area (Å²) in [5, 5.41) is 15.7. The molecule has 1 aliphatic carbocycles. The van der Waals surface area contributed by atoms with Crippen LogP contribution in [0.3, 0.4) is 0 Å². The Labute approximate surface area is 203 Å². The third-order valence-electron chi connectivity index (χ3n) is 6.69. The number of benzene rings is 2. The Hall–Kier alpha value is -3.43. The molecule has 2 fully saturated rings. The lowest BCUT2D eigenvalue weighted by atomic mass is 10.1. The van der Waals surface area contributed by atoms with Crippen LogP contribution in [-0.2, 0) is 0 Å². The molecule has 3 N–H and O–H groups in total. The number of rotatable bonds is 7. The molecule has 2 aliphatic rings. The molecule has 1 aliphatic heterocycles. The normalized spacial score (nSPS) is 16.9. The monoisotopic (exact) mass is 479 g/mol. The highest BCUT2D eigenvalue weighted by Crippen LogP contribution is 2.39. The van der Waals surface area contributed by atoms with Crippen LogP contribution in [-0.4, -0.2) is 49.2 Å². The Morgan fingerprint density at radius 1 is 1.14 bits per heavy atom. The smallest absolute Gasteiger partial charge is 0.277 e. The van der Waals surface area contributed by atoms with Gasteiger partial charge in [-0.2, -0.15) is 0 Å². The summed E-state index contributed by atoms with van der Waals surface area (Å²) in [6, 6.07) is 11.1. The number of aliphatic hydroxyl groups excluding tert-OH is 1. The zero-order valence-corrected chi connectivity index (χ0v) is 19.9. The number of aryl methyl sites for hydroxylation is 1. The Morgan fingerprint density at radius 3 is 2.49 bits per heavy atom. The van der Waals surface area contributed by atoms with Crippen molar-refractivity contribution in [2.24, 2.45) is 0 Å². The van der Waals surface area contributed by atoms with Crippen LogP contribution in [0.4, 0.5) is 21.5 Å². The molecule has 1 amide bonds. The molecule has 3 aromatic rings. The molecule has 1 unspecified atom stereocenters. The van der Waals surface area contributed by atoms with Crippen LogP contribution in [0, 0.1) is 12.7 Å². The van der Waals surface area contributed by atoms with Gasteiger partial charge in [0.15, 0.2) is 11.6 Å². The van der Waals surface area contributed by atoms with E-state index in [4.69, 9.17) is 4.42 Å². The number of nitrogens with zero attached hydrogens (tertiary/aromatic N) is 3. The number of para-hydroxylation sites is 1. The van der Waals surface area contributed by atoms with E-state index >= 15 is 0 Å². The first-order valence-corrected chi connectivity index (χ1v) is 12.0. The van der Waals surface area contributed by atoms with Gasteiger partial charge >= 0.3 is 0 Å². The van der Waals surface area contributed by atoms with Crippen molar-refractivity contribution < 1.29 is 18.7 Å². The second-order valence-corrected chi connectivity index (χ2v) is 9.14. The highest BCUT2D eigenvalue weighted by Gasteiger charge is 2.30. The third-order valence-corrected chi connectivity index (χ3v) is 6.69. The summed E-state index contributed by atoms with van der Waals surface area (Å²) in [7, 11) is 1.54. The lowest BCUT2D eigenvalue weighted by molar-refractivity contribution is 0.102. The largest absolute Gasteiger partial charge is 0.448 e. The van der Waals surface area contributed by atoms with E-state index < -0.39 is 18.0 Å². The number of anilines is 3. The van der Waals surface area contributed by atoms with Crippen molar-refractivity contribution in [3.05, 3.63) is 71.2 Å². The molecule has 2 heterocycles. The number of hydrogen-bond acceptors (Lipinski definition) is 7. The summed E-state index contributed by atoms with van der Waals surface area (Å²) in [4.78, 5) is 21.7. The highest BCUT2D eigenvalue weighted by atomic mass is 19.1. The fourth-order valence-electron chi connectivity index (χ4n) is 4.51. The lowest BCUT2D eigenvalue weighted by Gasteiger charge is -2.38. The number of hydrogen-bond donors (Lipinski definition) is 3.